The molecule has 0 saturated carbocycles. The molecule has 0 aliphatic rings. The van der Waals surface area contributed by atoms with Crippen molar-refractivity contribution in [2.45, 2.75) is 39.0 Å². The van der Waals surface area contributed by atoms with Crippen molar-refractivity contribution in [3.8, 4) is 11.8 Å². The maximum Gasteiger partial charge on any atom is 0.0179 e. The molecule has 0 nitrogen and oxygen atoms in total. The maximum atomic E-state index is 3.19. The lowest BCUT2D eigenvalue weighted by Gasteiger charge is -1.88. The third-order valence-corrected chi connectivity index (χ3v) is 2.07. The van der Waals surface area contributed by atoms with Gasteiger partial charge in [-0.15, -0.1) is 11.8 Å². The summed E-state index contributed by atoms with van der Waals surface area (Å²) in [5, 5.41) is 0. The molecule has 0 atom stereocenters. The monoisotopic (exact) mass is 170 g/mol. The molecule has 64 valence electrons. The highest BCUT2D eigenvalue weighted by Gasteiger charge is 1.80. The first-order chi connectivity index (χ1) is 5.41. The van der Waals surface area contributed by atoms with Gasteiger partial charge in [0.2, 0.25) is 0 Å². The summed E-state index contributed by atoms with van der Waals surface area (Å²) in [4.78, 5) is 0. The SMILES string of the molecule is CCCCCC#CCCSC. The zero-order valence-electron chi connectivity index (χ0n) is 7.65. The van der Waals surface area contributed by atoms with Crippen LogP contribution in [0.2, 0.25) is 0 Å². The molecular formula is C10H18S. The van der Waals surface area contributed by atoms with E-state index in [1.54, 1.807) is 0 Å². The van der Waals surface area contributed by atoms with E-state index >= 15 is 0 Å². The Morgan fingerprint density at radius 3 is 2.45 bits per heavy atom. The van der Waals surface area contributed by atoms with Gasteiger partial charge >= 0.3 is 0 Å². The second-order valence-corrected chi connectivity index (χ2v) is 3.54. The fraction of sp³-hybridized carbons (Fsp3) is 0.800. The van der Waals surface area contributed by atoms with Crippen LogP contribution in [0.3, 0.4) is 0 Å². The van der Waals surface area contributed by atoms with Crippen LogP contribution >= 0.6 is 11.8 Å². The number of rotatable bonds is 5. The van der Waals surface area contributed by atoms with Crippen LogP contribution in [-0.4, -0.2) is 12.0 Å². The first kappa shape index (κ1) is 10.9. The average Bonchev–Trinajstić information content (AvgIpc) is 2.03. The molecule has 0 heterocycles. The van der Waals surface area contributed by atoms with Gasteiger partial charge in [-0.1, -0.05) is 19.8 Å². The third-order valence-electron chi connectivity index (χ3n) is 1.46. The summed E-state index contributed by atoms with van der Waals surface area (Å²) in [6, 6.07) is 0. The topological polar surface area (TPSA) is 0 Å². The van der Waals surface area contributed by atoms with Gasteiger partial charge in [0.15, 0.2) is 0 Å². The van der Waals surface area contributed by atoms with Crippen LogP contribution in [0.15, 0.2) is 0 Å². The number of hydrogen-bond donors (Lipinski definition) is 0. The Balaban J connectivity index is 2.99. The van der Waals surface area contributed by atoms with Crippen LogP contribution in [-0.2, 0) is 0 Å². The Kier molecular flexibility index (Phi) is 9.83. The third kappa shape index (κ3) is 9.91. The normalized spacial score (nSPS) is 8.91. The second-order valence-electron chi connectivity index (χ2n) is 2.55. The molecule has 11 heavy (non-hydrogen) atoms. The lowest BCUT2D eigenvalue weighted by Crippen LogP contribution is -1.74. The molecule has 0 bridgehead atoms. The minimum atomic E-state index is 1.06. The minimum Gasteiger partial charge on any atom is -0.164 e. The first-order valence-electron chi connectivity index (χ1n) is 4.36. The predicted octanol–water partition coefficient (Wildman–Crippen LogP) is 3.32. The Morgan fingerprint density at radius 1 is 1.09 bits per heavy atom. The van der Waals surface area contributed by atoms with Crippen LogP contribution in [0.5, 0.6) is 0 Å². The van der Waals surface area contributed by atoms with Crippen molar-refractivity contribution < 1.29 is 0 Å². The van der Waals surface area contributed by atoms with E-state index < -0.39 is 0 Å². The van der Waals surface area contributed by atoms with Gasteiger partial charge in [0, 0.05) is 18.6 Å². The molecule has 0 aromatic rings. The van der Waals surface area contributed by atoms with Crippen LogP contribution < -0.4 is 0 Å². The van der Waals surface area contributed by atoms with E-state index in [4.69, 9.17) is 0 Å². The molecule has 0 radical (unpaired) electrons. The molecule has 0 fully saturated rings. The van der Waals surface area contributed by atoms with E-state index in [0.717, 1.165) is 12.8 Å². The standard InChI is InChI=1S/C10H18S/c1-3-4-5-6-7-8-9-10-11-2/h3-6,9-10H2,1-2H3. The Hall–Kier alpha value is -0.0900. The van der Waals surface area contributed by atoms with Gasteiger partial charge in [-0.05, 0) is 12.7 Å². The Morgan fingerprint density at radius 2 is 1.82 bits per heavy atom. The molecule has 0 N–H and O–H groups in total. The van der Waals surface area contributed by atoms with Crippen molar-refractivity contribution >= 4 is 11.8 Å². The quantitative estimate of drug-likeness (QED) is 0.450. The fourth-order valence-corrected chi connectivity index (χ4v) is 1.10. The summed E-state index contributed by atoms with van der Waals surface area (Å²) in [7, 11) is 0. The van der Waals surface area contributed by atoms with Crippen molar-refractivity contribution in [3.63, 3.8) is 0 Å². The summed E-state index contributed by atoms with van der Waals surface area (Å²) >= 11 is 1.87. The summed E-state index contributed by atoms with van der Waals surface area (Å²) < 4.78 is 0. The van der Waals surface area contributed by atoms with E-state index in [1.165, 1.54) is 25.0 Å². The maximum absolute atomic E-state index is 3.19. The molecule has 0 rings (SSSR count). The minimum absolute atomic E-state index is 1.06. The fourth-order valence-electron chi connectivity index (χ4n) is 0.793. The van der Waals surface area contributed by atoms with Gasteiger partial charge < -0.3 is 0 Å². The van der Waals surface area contributed by atoms with E-state index in [-0.39, 0.29) is 0 Å². The molecule has 0 spiro atoms. The van der Waals surface area contributed by atoms with E-state index in [2.05, 4.69) is 25.0 Å². The number of thioether (sulfide) groups is 1. The van der Waals surface area contributed by atoms with E-state index in [0.29, 0.717) is 0 Å². The zero-order chi connectivity index (χ0) is 8.36. The number of unbranched alkanes of at least 4 members (excludes halogenated alkanes) is 3. The second kappa shape index (κ2) is 9.91. The van der Waals surface area contributed by atoms with Crippen LogP contribution in [0.25, 0.3) is 0 Å². The summed E-state index contributed by atoms with van der Waals surface area (Å²) in [5.74, 6) is 7.55. The van der Waals surface area contributed by atoms with E-state index in [9.17, 15) is 0 Å². The molecular weight excluding hydrogens is 152 g/mol. The summed E-state index contributed by atoms with van der Waals surface area (Å²) in [5.41, 5.74) is 0. The van der Waals surface area contributed by atoms with Crippen molar-refractivity contribution in [2.24, 2.45) is 0 Å². The Bertz CT molecular complexity index is 119. The van der Waals surface area contributed by atoms with Crippen molar-refractivity contribution in [1.29, 1.82) is 0 Å². The van der Waals surface area contributed by atoms with Crippen LogP contribution in [0.4, 0.5) is 0 Å². The lowest BCUT2D eigenvalue weighted by atomic mass is 10.2. The summed E-state index contributed by atoms with van der Waals surface area (Å²) in [6.07, 6.45) is 8.20. The highest BCUT2D eigenvalue weighted by Crippen LogP contribution is 1.97. The van der Waals surface area contributed by atoms with Gasteiger partial charge in [0.25, 0.3) is 0 Å². The molecule has 0 saturated heterocycles. The molecule has 0 unspecified atom stereocenters. The predicted molar refractivity (Wildman–Crippen MR) is 54.9 cm³/mol. The van der Waals surface area contributed by atoms with Gasteiger partial charge in [0.05, 0.1) is 0 Å². The van der Waals surface area contributed by atoms with Crippen LogP contribution in [0, 0.1) is 11.8 Å². The van der Waals surface area contributed by atoms with Gasteiger partial charge in [-0.25, -0.2) is 0 Å². The molecule has 0 aromatic carbocycles. The lowest BCUT2D eigenvalue weighted by molar-refractivity contribution is 0.737. The average molecular weight is 170 g/mol. The van der Waals surface area contributed by atoms with Crippen molar-refractivity contribution in [3.05, 3.63) is 0 Å². The van der Waals surface area contributed by atoms with E-state index in [1.807, 2.05) is 11.8 Å². The molecule has 0 aromatic heterocycles. The summed E-state index contributed by atoms with van der Waals surface area (Å²) in [6.45, 7) is 2.22. The van der Waals surface area contributed by atoms with Gasteiger partial charge in [-0.3, -0.25) is 0 Å². The van der Waals surface area contributed by atoms with Gasteiger partial charge in [0.1, 0.15) is 0 Å². The molecule has 0 amide bonds. The van der Waals surface area contributed by atoms with Gasteiger partial charge in [-0.2, -0.15) is 11.8 Å². The number of hydrogen-bond acceptors (Lipinski definition) is 1. The highest BCUT2D eigenvalue weighted by atomic mass is 32.2. The van der Waals surface area contributed by atoms with Crippen LogP contribution in [0.1, 0.15) is 39.0 Å². The highest BCUT2D eigenvalue weighted by molar-refractivity contribution is 7.98. The van der Waals surface area contributed by atoms with Crippen molar-refractivity contribution in [2.75, 3.05) is 12.0 Å². The molecule has 1 heteroatoms. The smallest absolute Gasteiger partial charge is 0.0179 e. The molecule has 0 aliphatic heterocycles. The molecule has 0 aliphatic carbocycles. The largest absolute Gasteiger partial charge is 0.164 e. The zero-order valence-corrected chi connectivity index (χ0v) is 8.47. The van der Waals surface area contributed by atoms with Crippen molar-refractivity contribution in [1.82, 2.24) is 0 Å². The Labute approximate surface area is 75.1 Å². The first-order valence-corrected chi connectivity index (χ1v) is 5.75.